The fourth-order valence-corrected chi connectivity index (χ4v) is 2.22. The molecule has 17 heavy (non-hydrogen) atoms. The van der Waals surface area contributed by atoms with E-state index in [0.717, 1.165) is 38.2 Å². The van der Waals surface area contributed by atoms with Gasteiger partial charge in [-0.3, -0.25) is 4.79 Å². The van der Waals surface area contributed by atoms with Crippen molar-refractivity contribution in [3.8, 4) is 0 Å². The van der Waals surface area contributed by atoms with E-state index < -0.39 is 0 Å². The van der Waals surface area contributed by atoms with Crippen molar-refractivity contribution >= 4 is 5.91 Å². The molecule has 1 N–H and O–H groups in total. The van der Waals surface area contributed by atoms with Crippen molar-refractivity contribution < 1.29 is 4.79 Å². The fraction of sp³-hybridized carbons (Fsp3) is 0.500. The molecule has 1 fully saturated rings. The summed E-state index contributed by atoms with van der Waals surface area (Å²) < 4.78 is 0. The Labute approximate surface area is 103 Å². The number of carbonyl (C=O) groups excluding carboxylic acids is 1. The van der Waals surface area contributed by atoms with Crippen molar-refractivity contribution in [1.29, 1.82) is 0 Å². The molecule has 1 amide bonds. The average Bonchev–Trinajstić information content (AvgIpc) is 2.67. The second-order valence-corrected chi connectivity index (χ2v) is 4.56. The summed E-state index contributed by atoms with van der Waals surface area (Å²) >= 11 is 0. The maximum Gasteiger partial charge on any atom is 0.229 e. The van der Waals surface area contributed by atoms with Crippen LogP contribution in [0.4, 0.5) is 0 Å². The molecular formula is C14H20N2O. The Bertz CT molecular complexity index is 356. The number of nitrogens with zero attached hydrogens (tertiary/aromatic N) is 1. The van der Waals surface area contributed by atoms with Gasteiger partial charge in [-0.2, -0.15) is 0 Å². The summed E-state index contributed by atoms with van der Waals surface area (Å²) in [7, 11) is 0. The zero-order valence-corrected chi connectivity index (χ0v) is 10.4. The minimum Gasteiger partial charge on any atom is -0.341 e. The monoisotopic (exact) mass is 232 g/mol. The zero-order chi connectivity index (χ0) is 12.1. The van der Waals surface area contributed by atoms with E-state index in [4.69, 9.17) is 0 Å². The molecule has 1 heterocycles. The molecule has 1 aromatic rings. The first kappa shape index (κ1) is 12.1. The lowest BCUT2D eigenvalue weighted by Gasteiger charge is -2.24. The number of benzene rings is 1. The van der Waals surface area contributed by atoms with Crippen molar-refractivity contribution in [2.24, 2.45) is 0 Å². The van der Waals surface area contributed by atoms with Crippen LogP contribution >= 0.6 is 0 Å². The predicted molar refractivity (Wildman–Crippen MR) is 68.9 cm³/mol. The normalized spacial score (nSPS) is 18.5. The lowest BCUT2D eigenvalue weighted by Crippen LogP contribution is -2.36. The zero-order valence-electron chi connectivity index (χ0n) is 10.4. The topological polar surface area (TPSA) is 32.3 Å². The van der Waals surface area contributed by atoms with Gasteiger partial charge in [0, 0.05) is 19.6 Å². The highest BCUT2D eigenvalue weighted by Gasteiger charge is 2.22. The van der Waals surface area contributed by atoms with Crippen molar-refractivity contribution in [3.63, 3.8) is 0 Å². The molecule has 1 aromatic carbocycles. The molecule has 1 saturated heterocycles. The number of carbonyl (C=O) groups is 1. The summed E-state index contributed by atoms with van der Waals surface area (Å²) in [6, 6.07) is 10.0. The van der Waals surface area contributed by atoms with E-state index in [0.29, 0.717) is 0 Å². The molecule has 3 heteroatoms. The van der Waals surface area contributed by atoms with Gasteiger partial charge in [0.25, 0.3) is 0 Å². The van der Waals surface area contributed by atoms with Crippen LogP contribution in [0.2, 0.25) is 0 Å². The minimum absolute atomic E-state index is 0.0331. The molecule has 0 aromatic heterocycles. The lowest BCUT2D eigenvalue weighted by atomic mass is 10.00. The Kier molecular flexibility index (Phi) is 4.15. The van der Waals surface area contributed by atoms with E-state index in [1.807, 2.05) is 42.2 Å². The number of rotatable bonds is 2. The van der Waals surface area contributed by atoms with Gasteiger partial charge in [-0.1, -0.05) is 30.3 Å². The maximum atomic E-state index is 12.3. The number of nitrogens with one attached hydrogen (secondary N) is 1. The van der Waals surface area contributed by atoms with Crippen LogP contribution < -0.4 is 5.32 Å². The first-order valence-electron chi connectivity index (χ1n) is 6.33. The molecule has 0 aliphatic carbocycles. The smallest absolute Gasteiger partial charge is 0.229 e. The molecule has 1 aliphatic heterocycles. The molecule has 1 atom stereocenters. The third kappa shape index (κ3) is 3.07. The van der Waals surface area contributed by atoms with E-state index in [-0.39, 0.29) is 11.8 Å². The van der Waals surface area contributed by atoms with Crippen LogP contribution in [0.1, 0.15) is 24.8 Å². The third-order valence-corrected chi connectivity index (χ3v) is 3.32. The molecule has 1 aliphatic rings. The SMILES string of the molecule is CC(C(=O)N1CCCNCC1)c1ccccc1. The largest absolute Gasteiger partial charge is 0.341 e. The Hall–Kier alpha value is -1.35. The molecule has 2 rings (SSSR count). The van der Waals surface area contributed by atoms with E-state index in [1.54, 1.807) is 0 Å². The van der Waals surface area contributed by atoms with Crippen LogP contribution in [0.25, 0.3) is 0 Å². The van der Waals surface area contributed by atoms with Gasteiger partial charge in [-0.15, -0.1) is 0 Å². The summed E-state index contributed by atoms with van der Waals surface area (Å²) in [5.74, 6) is 0.217. The Morgan fingerprint density at radius 1 is 1.24 bits per heavy atom. The van der Waals surface area contributed by atoms with Crippen LogP contribution in [0, 0.1) is 0 Å². The van der Waals surface area contributed by atoms with Gasteiger partial charge >= 0.3 is 0 Å². The third-order valence-electron chi connectivity index (χ3n) is 3.32. The molecule has 0 radical (unpaired) electrons. The highest BCUT2D eigenvalue weighted by atomic mass is 16.2. The van der Waals surface area contributed by atoms with E-state index >= 15 is 0 Å². The lowest BCUT2D eigenvalue weighted by molar-refractivity contribution is -0.132. The van der Waals surface area contributed by atoms with Gasteiger partial charge < -0.3 is 10.2 Å². The van der Waals surface area contributed by atoms with E-state index in [1.165, 1.54) is 0 Å². The summed E-state index contributed by atoms with van der Waals surface area (Å²) in [5, 5.41) is 3.32. The van der Waals surface area contributed by atoms with Gasteiger partial charge in [0.1, 0.15) is 0 Å². The summed E-state index contributed by atoms with van der Waals surface area (Å²) in [4.78, 5) is 14.3. The molecule has 0 spiro atoms. The summed E-state index contributed by atoms with van der Waals surface area (Å²) in [5.41, 5.74) is 1.11. The van der Waals surface area contributed by atoms with Crippen LogP contribution in [0.3, 0.4) is 0 Å². The fourth-order valence-electron chi connectivity index (χ4n) is 2.22. The van der Waals surface area contributed by atoms with Crippen molar-refractivity contribution in [1.82, 2.24) is 10.2 Å². The summed E-state index contributed by atoms with van der Waals surface area (Å²) in [6.07, 6.45) is 1.05. The van der Waals surface area contributed by atoms with Gasteiger partial charge in [-0.05, 0) is 25.5 Å². The van der Waals surface area contributed by atoms with Gasteiger partial charge in [0.2, 0.25) is 5.91 Å². The van der Waals surface area contributed by atoms with Gasteiger partial charge in [0.05, 0.1) is 5.92 Å². The second-order valence-electron chi connectivity index (χ2n) is 4.56. The average molecular weight is 232 g/mol. The Morgan fingerprint density at radius 2 is 2.00 bits per heavy atom. The van der Waals surface area contributed by atoms with Crippen molar-refractivity contribution in [2.45, 2.75) is 19.3 Å². The summed E-state index contributed by atoms with van der Waals surface area (Å²) in [6.45, 7) is 5.63. The number of amides is 1. The highest BCUT2D eigenvalue weighted by Crippen LogP contribution is 2.17. The van der Waals surface area contributed by atoms with Crippen molar-refractivity contribution in [3.05, 3.63) is 35.9 Å². The molecule has 0 saturated carbocycles. The van der Waals surface area contributed by atoms with E-state index in [2.05, 4.69) is 5.32 Å². The Balaban J connectivity index is 2.03. The predicted octanol–water partition coefficient (Wildman–Crippen LogP) is 1.61. The minimum atomic E-state index is -0.0331. The second kappa shape index (κ2) is 5.82. The van der Waals surface area contributed by atoms with Crippen LogP contribution in [-0.2, 0) is 4.79 Å². The number of hydrogen-bond donors (Lipinski definition) is 1. The maximum absolute atomic E-state index is 12.3. The van der Waals surface area contributed by atoms with Gasteiger partial charge in [-0.25, -0.2) is 0 Å². The van der Waals surface area contributed by atoms with Crippen LogP contribution in [0.15, 0.2) is 30.3 Å². The molecule has 1 unspecified atom stereocenters. The van der Waals surface area contributed by atoms with Crippen LogP contribution in [0.5, 0.6) is 0 Å². The highest BCUT2D eigenvalue weighted by molar-refractivity contribution is 5.83. The molecule has 0 bridgehead atoms. The first-order valence-corrected chi connectivity index (χ1v) is 6.33. The standard InChI is InChI=1S/C14H20N2O/c1-12(13-6-3-2-4-7-13)14(17)16-10-5-8-15-9-11-16/h2-4,6-7,12,15H,5,8-11H2,1H3. The van der Waals surface area contributed by atoms with Gasteiger partial charge in [0.15, 0.2) is 0 Å². The first-order chi connectivity index (χ1) is 8.29. The van der Waals surface area contributed by atoms with E-state index in [9.17, 15) is 4.79 Å². The molecule has 92 valence electrons. The van der Waals surface area contributed by atoms with Crippen molar-refractivity contribution in [2.75, 3.05) is 26.2 Å². The van der Waals surface area contributed by atoms with Crippen LogP contribution in [-0.4, -0.2) is 37.0 Å². The Morgan fingerprint density at radius 3 is 2.76 bits per heavy atom. The quantitative estimate of drug-likeness (QED) is 0.840. The number of hydrogen-bond acceptors (Lipinski definition) is 2. The molecule has 3 nitrogen and oxygen atoms in total. The molecular weight excluding hydrogens is 212 g/mol.